The van der Waals surface area contributed by atoms with Crippen LogP contribution in [0.3, 0.4) is 0 Å². The van der Waals surface area contributed by atoms with Crippen molar-refractivity contribution < 1.29 is 17.9 Å². The molecule has 0 aliphatic rings. The zero-order valence-electron chi connectivity index (χ0n) is 15.8. The lowest BCUT2D eigenvalue weighted by atomic mass is 10.2. The Morgan fingerprint density at radius 1 is 0.828 bits per heavy atom. The minimum atomic E-state index is -3.91. The highest BCUT2D eigenvalue weighted by Gasteiger charge is 2.27. The number of sulfonamides is 1. The molecule has 3 aromatic carbocycles. The van der Waals surface area contributed by atoms with Crippen molar-refractivity contribution in [1.82, 2.24) is 0 Å². The molecule has 0 fully saturated rings. The summed E-state index contributed by atoms with van der Waals surface area (Å²) in [6.45, 7) is -0.0504. The monoisotopic (exact) mass is 451 g/mol. The number of methoxy groups -OCH3 is 2. The molecule has 0 unspecified atom stereocenters. The van der Waals surface area contributed by atoms with E-state index in [2.05, 4.69) is 0 Å². The molecule has 3 aromatic rings. The van der Waals surface area contributed by atoms with Gasteiger partial charge >= 0.3 is 0 Å². The number of hydrogen-bond donors (Lipinski definition) is 0. The van der Waals surface area contributed by atoms with E-state index < -0.39 is 10.0 Å². The Bertz CT molecular complexity index is 1080. The zero-order chi connectivity index (χ0) is 21.0. The molecule has 0 saturated carbocycles. The van der Waals surface area contributed by atoms with Crippen LogP contribution in [0.1, 0.15) is 5.56 Å². The molecule has 29 heavy (non-hydrogen) atoms. The van der Waals surface area contributed by atoms with E-state index >= 15 is 0 Å². The molecule has 0 aliphatic carbocycles. The number of rotatable bonds is 7. The van der Waals surface area contributed by atoms with Gasteiger partial charge in [-0.05, 0) is 36.4 Å². The van der Waals surface area contributed by atoms with Crippen LogP contribution in [0.25, 0.3) is 0 Å². The van der Waals surface area contributed by atoms with Crippen LogP contribution in [0.15, 0.2) is 71.6 Å². The molecule has 0 heterocycles. The lowest BCUT2D eigenvalue weighted by Crippen LogP contribution is -2.30. The number of halogens is 2. The van der Waals surface area contributed by atoms with Crippen molar-refractivity contribution in [1.29, 1.82) is 0 Å². The molecular formula is C21H19Cl2NO4S. The standard InChI is InChI=1S/C21H19Cl2NO4S/c1-27-20-12-11-15(13-21(20)28-2)24(14-17-18(22)9-6-10-19(17)23)29(25,26)16-7-4-3-5-8-16/h3-13H,14H2,1-2H3. The molecule has 0 spiro atoms. The third kappa shape index (κ3) is 4.45. The van der Waals surface area contributed by atoms with E-state index in [1.54, 1.807) is 54.6 Å². The van der Waals surface area contributed by atoms with Crippen LogP contribution < -0.4 is 13.8 Å². The van der Waals surface area contributed by atoms with Crippen molar-refractivity contribution in [2.45, 2.75) is 11.4 Å². The summed E-state index contributed by atoms with van der Waals surface area (Å²) in [5, 5.41) is 0.762. The molecule has 0 bridgehead atoms. The topological polar surface area (TPSA) is 55.8 Å². The second kappa shape index (κ2) is 8.95. The minimum absolute atomic E-state index is 0.0504. The second-order valence-electron chi connectivity index (χ2n) is 6.06. The Labute approximate surface area is 180 Å². The average molecular weight is 452 g/mol. The first-order valence-electron chi connectivity index (χ1n) is 8.61. The Hall–Kier alpha value is -2.41. The smallest absolute Gasteiger partial charge is 0.264 e. The molecule has 8 heteroatoms. The Balaban J connectivity index is 2.17. The summed E-state index contributed by atoms with van der Waals surface area (Å²) in [5.74, 6) is 0.896. The van der Waals surface area contributed by atoms with E-state index in [0.29, 0.717) is 32.8 Å². The van der Waals surface area contributed by atoms with Gasteiger partial charge in [0.15, 0.2) is 11.5 Å². The van der Waals surface area contributed by atoms with Crippen LogP contribution in [0.5, 0.6) is 11.5 Å². The molecule has 5 nitrogen and oxygen atoms in total. The van der Waals surface area contributed by atoms with E-state index in [1.165, 1.54) is 30.7 Å². The lowest BCUT2D eigenvalue weighted by molar-refractivity contribution is 0.355. The number of ether oxygens (including phenoxy) is 2. The second-order valence-corrected chi connectivity index (χ2v) is 8.74. The van der Waals surface area contributed by atoms with Crippen molar-refractivity contribution in [3.05, 3.63) is 82.3 Å². The van der Waals surface area contributed by atoms with E-state index in [4.69, 9.17) is 32.7 Å². The maximum absolute atomic E-state index is 13.5. The molecule has 3 rings (SSSR count). The van der Waals surface area contributed by atoms with Gasteiger partial charge in [-0.25, -0.2) is 8.42 Å². The maximum atomic E-state index is 13.5. The van der Waals surface area contributed by atoms with Gasteiger partial charge in [0.1, 0.15) is 0 Å². The van der Waals surface area contributed by atoms with Gasteiger partial charge < -0.3 is 9.47 Å². The fraction of sp³-hybridized carbons (Fsp3) is 0.143. The number of nitrogens with zero attached hydrogens (tertiary/aromatic N) is 1. The minimum Gasteiger partial charge on any atom is -0.493 e. The van der Waals surface area contributed by atoms with E-state index in [9.17, 15) is 8.42 Å². The molecule has 0 N–H and O–H groups in total. The molecule has 0 saturated heterocycles. The SMILES string of the molecule is COc1ccc(N(Cc2c(Cl)cccc2Cl)S(=O)(=O)c2ccccc2)cc1OC. The van der Waals surface area contributed by atoms with E-state index in [0.717, 1.165) is 0 Å². The first-order chi connectivity index (χ1) is 13.9. The summed E-state index contributed by atoms with van der Waals surface area (Å²) in [6, 6.07) is 18.1. The van der Waals surface area contributed by atoms with Crippen LogP contribution in [0, 0.1) is 0 Å². The van der Waals surface area contributed by atoms with Gasteiger partial charge in [0.05, 0.1) is 31.3 Å². The summed E-state index contributed by atoms with van der Waals surface area (Å²) in [7, 11) is -0.909. The van der Waals surface area contributed by atoms with Gasteiger partial charge in [0, 0.05) is 21.7 Å². The first kappa shape index (κ1) is 21.3. The van der Waals surface area contributed by atoms with Crippen LogP contribution in [-0.4, -0.2) is 22.6 Å². The van der Waals surface area contributed by atoms with Gasteiger partial charge in [0.2, 0.25) is 0 Å². The predicted molar refractivity (Wildman–Crippen MR) is 116 cm³/mol. The molecular weight excluding hydrogens is 433 g/mol. The predicted octanol–water partition coefficient (Wildman–Crippen LogP) is 5.41. The number of hydrogen-bond acceptors (Lipinski definition) is 4. The average Bonchev–Trinajstić information content (AvgIpc) is 2.73. The van der Waals surface area contributed by atoms with Crippen molar-refractivity contribution in [2.24, 2.45) is 0 Å². The third-order valence-corrected chi connectivity index (χ3v) is 6.85. The molecule has 0 amide bonds. The van der Waals surface area contributed by atoms with Crippen LogP contribution >= 0.6 is 23.2 Å². The number of benzene rings is 3. The normalized spacial score (nSPS) is 11.2. The number of anilines is 1. The summed E-state index contributed by atoms with van der Waals surface area (Å²) in [5.41, 5.74) is 0.896. The molecule has 0 atom stereocenters. The summed E-state index contributed by atoms with van der Waals surface area (Å²) in [6.07, 6.45) is 0. The highest BCUT2D eigenvalue weighted by atomic mass is 35.5. The summed E-state index contributed by atoms with van der Waals surface area (Å²) in [4.78, 5) is 0.151. The van der Waals surface area contributed by atoms with E-state index in [1.807, 2.05) is 0 Å². The highest BCUT2D eigenvalue weighted by molar-refractivity contribution is 7.92. The molecule has 152 valence electrons. The van der Waals surface area contributed by atoms with Crippen molar-refractivity contribution in [3.63, 3.8) is 0 Å². The fourth-order valence-electron chi connectivity index (χ4n) is 2.84. The highest BCUT2D eigenvalue weighted by Crippen LogP contribution is 2.36. The Morgan fingerprint density at radius 3 is 2.03 bits per heavy atom. The quantitative estimate of drug-likeness (QED) is 0.481. The fourth-order valence-corrected chi connectivity index (χ4v) is 4.80. The van der Waals surface area contributed by atoms with Gasteiger partial charge in [-0.1, -0.05) is 47.5 Å². The van der Waals surface area contributed by atoms with Crippen molar-refractivity contribution in [2.75, 3.05) is 18.5 Å². The van der Waals surface area contributed by atoms with Gasteiger partial charge in [0.25, 0.3) is 10.0 Å². The van der Waals surface area contributed by atoms with Gasteiger partial charge in [-0.15, -0.1) is 0 Å². The van der Waals surface area contributed by atoms with Crippen LogP contribution in [0.4, 0.5) is 5.69 Å². The Kier molecular flexibility index (Phi) is 6.57. The maximum Gasteiger partial charge on any atom is 0.264 e. The van der Waals surface area contributed by atoms with Crippen LogP contribution in [0.2, 0.25) is 10.0 Å². The summed E-state index contributed by atoms with van der Waals surface area (Å²) >= 11 is 12.6. The first-order valence-corrected chi connectivity index (χ1v) is 10.8. The molecule has 0 aliphatic heterocycles. The van der Waals surface area contributed by atoms with Crippen LogP contribution in [-0.2, 0) is 16.6 Å². The zero-order valence-corrected chi connectivity index (χ0v) is 18.1. The Morgan fingerprint density at radius 2 is 1.45 bits per heavy atom. The summed E-state index contributed by atoms with van der Waals surface area (Å²) < 4.78 is 38.8. The van der Waals surface area contributed by atoms with Crippen molar-refractivity contribution in [3.8, 4) is 11.5 Å². The lowest BCUT2D eigenvalue weighted by Gasteiger charge is -2.26. The van der Waals surface area contributed by atoms with Crippen molar-refractivity contribution >= 4 is 38.9 Å². The van der Waals surface area contributed by atoms with E-state index in [-0.39, 0.29) is 11.4 Å². The van der Waals surface area contributed by atoms with Gasteiger partial charge in [-0.2, -0.15) is 0 Å². The van der Waals surface area contributed by atoms with Gasteiger partial charge in [-0.3, -0.25) is 4.31 Å². The molecule has 0 radical (unpaired) electrons. The largest absolute Gasteiger partial charge is 0.493 e. The third-order valence-electron chi connectivity index (χ3n) is 4.35. The molecule has 0 aromatic heterocycles.